The third-order valence-corrected chi connectivity index (χ3v) is 5.91. The molecular weight excluding hydrogens is 460 g/mol. The Morgan fingerprint density at radius 1 is 0.971 bits per heavy atom. The van der Waals surface area contributed by atoms with E-state index in [0.29, 0.717) is 26.3 Å². The zero-order chi connectivity index (χ0) is 25.4. The number of rotatable bonds is 10. The van der Waals surface area contributed by atoms with Crippen molar-refractivity contribution >= 4 is 22.8 Å². The number of aliphatic hydroxyl groups excluding tert-OH is 5. The van der Waals surface area contributed by atoms with E-state index in [9.17, 15) is 30.0 Å². The summed E-state index contributed by atoms with van der Waals surface area (Å²) < 4.78 is 10.4. The van der Waals surface area contributed by atoms with E-state index in [1.807, 2.05) is 42.5 Å². The molecule has 0 aromatic heterocycles. The van der Waals surface area contributed by atoms with Gasteiger partial charge < -0.3 is 45.2 Å². The number of nitrogens with zero attached hydrogens (tertiary/aromatic N) is 1. The Hall–Kier alpha value is -2.80. The fourth-order valence-corrected chi connectivity index (χ4v) is 3.82. The molecule has 0 bridgehead atoms. The number of hydrogen-bond donors (Lipinski definition) is 6. The monoisotopic (exact) mass is 492 g/mol. The number of amides is 2. The maximum absolute atomic E-state index is 13.0. The lowest BCUT2D eigenvalue weighted by Crippen LogP contribution is -2.53. The molecule has 0 unspecified atom stereocenters. The maximum atomic E-state index is 13.0. The normalized spacial score (nSPS) is 18.4. The van der Waals surface area contributed by atoms with Crippen LogP contribution in [0.1, 0.15) is 5.56 Å². The van der Waals surface area contributed by atoms with Crippen LogP contribution in [-0.2, 0) is 20.7 Å². The number of aliphatic hydroxyl groups is 5. The highest BCUT2D eigenvalue weighted by Crippen LogP contribution is 2.20. The van der Waals surface area contributed by atoms with Crippen LogP contribution in [0.15, 0.2) is 42.5 Å². The lowest BCUT2D eigenvalue weighted by atomic mass is 9.98. The van der Waals surface area contributed by atoms with E-state index in [1.54, 1.807) is 0 Å². The first-order valence-electron chi connectivity index (χ1n) is 11.4. The standard InChI is InChI=1S/C24H32N2O9/c27-13-19(28)21(30)22(31)20(29)14-35-23(32)18(25-24(33)26-8-10-34-11-9-26)12-16-6-3-5-15-4-1-2-7-17(15)16/h1-7,18-22,27-31H,8-14H2,(H,25,33)/t18-,19+,20+,21+,22+/m0/s1. The van der Waals surface area contributed by atoms with Gasteiger partial charge in [0.1, 0.15) is 37.1 Å². The molecule has 1 heterocycles. The number of fused-ring (bicyclic) bond motifs is 1. The maximum Gasteiger partial charge on any atom is 0.329 e. The van der Waals surface area contributed by atoms with Crippen LogP contribution in [-0.4, -0.2) is 112 Å². The smallest absolute Gasteiger partial charge is 0.329 e. The molecule has 35 heavy (non-hydrogen) atoms. The molecule has 5 atom stereocenters. The van der Waals surface area contributed by atoms with Gasteiger partial charge in [0.15, 0.2) is 0 Å². The molecule has 1 saturated heterocycles. The summed E-state index contributed by atoms with van der Waals surface area (Å²) in [5.74, 6) is -0.844. The SMILES string of the molecule is O=C(OC[C@@H](O)[C@@H](O)[C@H](O)[C@H](O)CO)[C@H](Cc1cccc2ccccc12)NC(=O)N1CCOCC1. The molecule has 192 valence electrons. The van der Waals surface area contributed by atoms with E-state index in [1.165, 1.54) is 4.90 Å². The second-order valence-corrected chi connectivity index (χ2v) is 8.37. The highest BCUT2D eigenvalue weighted by Gasteiger charge is 2.32. The summed E-state index contributed by atoms with van der Waals surface area (Å²) in [7, 11) is 0. The zero-order valence-electron chi connectivity index (χ0n) is 19.2. The van der Waals surface area contributed by atoms with E-state index in [2.05, 4.69) is 5.32 Å². The molecule has 6 N–H and O–H groups in total. The quantitative estimate of drug-likeness (QED) is 0.222. The van der Waals surface area contributed by atoms with E-state index < -0.39 is 55.7 Å². The first-order valence-corrected chi connectivity index (χ1v) is 11.4. The summed E-state index contributed by atoms with van der Waals surface area (Å²) >= 11 is 0. The van der Waals surface area contributed by atoms with Crippen LogP contribution in [0.4, 0.5) is 4.79 Å². The second-order valence-electron chi connectivity index (χ2n) is 8.37. The fourth-order valence-electron chi connectivity index (χ4n) is 3.82. The van der Waals surface area contributed by atoms with Gasteiger partial charge in [-0.3, -0.25) is 0 Å². The van der Waals surface area contributed by atoms with E-state index in [0.717, 1.165) is 16.3 Å². The van der Waals surface area contributed by atoms with E-state index in [4.69, 9.17) is 14.6 Å². The van der Waals surface area contributed by atoms with Crippen LogP contribution in [0.2, 0.25) is 0 Å². The van der Waals surface area contributed by atoms with Gasteiger partial charge in [0, 0.05) is 19.5 Å². The molecule has 1 aliphatic rings. The first-order chi connectivity index (χ1) is 16.8. The van der Waals surface area contributed by atoms with Crippen molar-refractivity contribution in [1.29, 1.82) is 0 Å². The third-order valence-electron chi connectivity index (χ3n) is 5.91. The minimum atomic E-state index is -1.87. The minimum Gasteiger partial charge on any atom is -0.461 e. The number of carbonyl (C=O) groups excluding carboxylic acids is 2. The van der Waals surface area contributed by atoms with Gasteiger partial charge in [0.25, 0.3) is 0 Å². The molecule has 1 fully saturated rings. The summed E-state index contributed by atoms with van der Waals surface area (Å²) in [6.45, 7) is -0.00825. The largest absolute Gasteiger partial charge is 0.461 e. The van der Waals surface area contributed by atoms with Crippen LogP contribution >= 0.6 is 0 Å². The van der Waals surface area contributed by atoms with Crippen LogP contribution in [0.25, 0.3) is 10.8 Å². The van der Waals surface area contributed by atoms with Crippen molar-refractivity contribution in [3.63, 3.8) is 0 Å². The summed E-state index contributed by atoms with van der Waals surface area (Å²) in [6, 6.07) is 11.7. The molecule has 11 nitrogen and oxygen atoms in total. The molecule has 3 rings (SSSR count). The number of ether oxygens (including phenoxy) is 2. The van der Waals surface area contributed by atoms with Gasteiger partial charge in [0.05, 0.1) is 19.8 Å². The molecule has 2 aromatic rings. The summed E-state index contributed by atoms with van der Waals surface area (Å²) in [6.07, 6.45) is -7.02. The Balaban J connectivity index is 1.72. The number of hydrogen-bond acceptors (Lipinski definition) is 9. The Labute approximate surface area is 202 Å². The molecule has 11 heteroatoms. The van der Waals surface area contributed by atoms with Crippen molar-refractivity contribution in [1.82, 2.24) is 10.2 Å². The average molecular weight is 493 g/mol. The molecule has 1 aliphatic heterocycles. The number of benzene rings is 2. The van der Waals surface area contributed by atoms with Gasteiger partial charge in [-0.2, -0.15) is 0 Å². The Morgan fingerprint density at radius 2 is 1.63 bits per heavy atom. The lowest BCUT2D eigenvalue weighted by molar-refractivity contribution is -0.158. The highest BCUT2D eigenvalue weighted by atomic mass is 16.5. The van der Waals surface area contributed by atoms with Crippen LogP contribution in [0, 0.1) is 0 Å². The topological polar surface area (TPSA) is 169 Å². The van der Waals surface area contributed by atoms with Gasteiger partial charge in [0.2, 0.25) is 0 Å². The average Bonchev–Trinajstić information content (AvgIpc) is 2.90. The van der Waals surface area contributed by atoms with Crippen molar-refractivity contribution in [2.45, 2.75) is 36.9 Å². The zero-order valence-corrected chi connectivity index (χ0v) is 19.2. The van der Waals surface area contributed by atoms with Gasteiger partial charge >= 0.3 is 12.0 Å². The summed E-state index contributed by atoms with van der Waals surface area (Å²) in [4.78, 5) is 27.3. The van der Waals surface area contributed by atoms with E-state index in [-0.39, 0.29) is 6.42 Å². The van der Waals surface area contributed by atoms with Gasteiger partial charge in [-0.25, -0.2) is 9.59 Å². The van der Waals surface area contributed by atoms with Crippen molar-refractivity contribution < 1.29 is 44.6 Å². The first kappa shape index (κ1) is 26.8. The van der Waals surface area contributed by atoms with Crippen molar-refractivity contribution in [2.24, 2.45) is 0 Å². The summed E-state index contributed by atoms with van der Waals surface area (Å²) in [5.41, 5.74) is 0.800. The van der Waals surface area contributed by atoms with Crippen molar-refractivity contribution in [3.05, 3.63) is 48.0 Å². The number of esters is 1. The number of urea groups is 1. The molecular formula is C24H32N2O9. The summed E-state index contributed by atoms with van der Waals surface area (Å²) in [5, 5.41) is 52.7. The van der Waals surface area contributed by atoms with Gasteiger partial charge in [-0.1, -0.05) is 42.5 Å². The van der Waals surface area contributed by atoms with Gasteiger partial charge in [-0.15, -0.1) is 0 Å². The minimum absolute atomic E-state index is 0.112. The predicted octanol–water partition coefficient (Wildman–Crippen LogP) is -1.23. The number of morpholine rings is 1. The fraction of sp³-hybridized carbons (Fsp3) is 0.500. The van der Waals surface area contributed by atoms with Crippen LogP contribution < -0.4 is 5.32 Å². The molecule has 0 aliphatic carbocycles. The van der Waals surface area contributed by atoms with Crippen molar-refractivity contribution in [3.8, 4) is 0 Å². The van der Waals surface area contributed by atoms with Crippen molar-refractivity contribution in [2.75, 3.05) is 39.5 Å². The Morgan fingerprint density at radius 3 is 2.34 bits per heavy atom. The van der Waals surface area contributed by atoms with Crippen LogP contribution in [0.3, 0.4) is 0 Å². The molecule has 0 saturated carbocycles. The van der Waals surface area contributed by atoms with Gasteiger partial charge in [-0.05, 0) is 16.3 Å². The highest BCUT2D eigenvalue weighted by molar-refractivity contribution is 5.88. The molecule has 2 aromatic carbocycles. The Kier molecular flexibility index (Phi) is 9.78. The third kappa shape index (κ3) is 7.10. The lowest BCUT2D eigenvalue weighted by Gasteiger charge is -2.29. The predicted molar refractivity (Wildman–Crippen MR) is 124 cm³/mol. The molecule has 0 spiro atoms. The van der Waals surface area contributed by atoms with Crippen LogP contribution in [0.5, 0.6) is 0 Å². The second kappa shape index (κ2) is 12.8. The molecule has 2 amide bonds. The number of carbonyl (C=O) groups is 2. The number of nitrogens with one attached hydrogen (secondary N) is 1. The molecule has 0 radical (unpaired) electrons. The Bertz CT molecular complexity index is 977. The van der Waals surface area contributed by atoms with E-state index >= 15 is 0 Å².